The van der Waals surface area contributed by atoms with Crippen molar-refractivity contribution in [3.05, 3.63) is 87.6 Å². The summed E-state index contributed by atoms with van der Waals surface area (Å²) in [5.41, 5.74) is 4.90. The number of hydrogen-bond acceptors (Lipinski definition) is 8. The van der Waals surface area contributed by atoms with Crippen molar-refractivity contribution in [1.82, 2.24) is 19.9 Å². The number of para-hydroxylation sites is 1. The Balaban J connectivity index is 1.36. The summed E-state index contributed by atoms with van der Waals surface area (Å²) in [4.78, 5) is 47.8. The summed E-state index contributed by atoms with van der Waals surface area (Å²) in [6.07, 6.45) is 0.724. The fraction of sp³-hybridized carbons (Fsp3) is 0.310. The van der Waals surface area contributed by atoms with E-state index < -0.39 is 23.7 Å². The van der Waals surface area contributed by atoms with Gasteiger partial charge in [-0.25, -0.2) is 19.8 Å². The van der Waals surface area contributed by atoms with Crippen molar-refractivity contribution in [3.8, 4) is 0 Å². The van der Waals surface area contributed by atoms with Crippen LogP contribution in [0.5, 0.6) is 0 Å². The zero-order valence-electron chi connectivity index (χ0n) is 22.4. The topological polar surface area (TPSA) is 109 Å². The molecule has 2 aromatic carbocycles. The largest absolute Gasteiger partial charge is 0.379 e. The monoisotopic (exact) mass is 576 g/mol. The Morgan fingerprint density at radius 1 is 1.12 bits per heavy atom. The number of nitrogens with zero attached hydrogens (tertiary/aromatic N) is 4. The van der Waals surface area contributed by atoms with Crippen molar-refractivity contribution in [1.29, 1.82) is 0 Å². The molecule has 2 aliphatic rings. The summed E-state index contributed by atoms with van der Waals surface area (Å²) in [5.74, 6) is -1.33. The molecule has 0 radical (unpaired) electrons. The lowest BCUT2D eigenvalue weighted by Crippen LogP contribution is -2.54. The van der Waals surface area contributed by atoms with Crippen molar-refractivity contribution >= 4 is 44.2 Å². The Labute approximate surface area is 239 Å². The van der Waals surface area contributed by atoms with Gasteiger partial charge in [-0.05, 0) is 49.7 Å². The SMILES string of the molecule is Cc1c2c(cc(=O)n1CCCN1CCOCC1)C(C(=O)Nc1ccc(F)cc1)NN(c1nc3ccccc3s1)C2=O. The van der Waals surface area contributed by atoms with Crippen LogP contribution in [0.15, 0.2) is 59.4 Å². The number of anilines is 2. The number of hydrazine groups is 1. The molecule has 1 unspecified atom stereocenters. The summed E-state index contributed by atoms with van der Waals surface area (Å²) < 4.78 is 21.4. The molecule has 0 aliphatic carbocycles. The fourth-order valence-corrected chi connectivity index (χ4v) is 6.20. The van der Waals surface area contributed by atoms with Crippen molar-refractivity contribution < 1.29 is 18.7 Å². The lowest BCUT2D eigenvalue weighted by atomic mass is 9.96. The zero-order valence-corrected chi connectivity index (χ0v) is 23.2. The summed E-state index contributed by atoms with van der Waals surface area (Å²) in [6, 6.07) is 13.2. The molecular formula is C29H29FN6O4S. The van der Waals surface area contributed by atoms with E-state index in [9.17, 15) is 18.8 Å². The van der Waals surface area contributed by atoms with Crippen LogP contribution in [-0.4, -0.2) is 59.1 Å². The first-order chi connectivity index (χ1) is 19.9. The number of aromatic nitrogens is 2. The smallest absolute Gasteiger partial charge is 0.276 e. The van der Waals surface area contributed by atoms with Crippen LogP contribution in [-0.2, 0) is 16.1 Å². The van der Waals surface area contributed by atoms with Gasteiger partial charge in [0, 0.05) is 49.2 Å². The molecule has 2 aliphatic heterocycles. The van der Waals surface area contributed by atoms with E-state index in [0.29, 0.717) is 41.8 Å². The molecule has 1 saturated heterocycles. The third-order valence-corrected chi connectivity index (χ3v) is 8.42. The highest BCUT2D eigenvalue weighted by molar-refractivity contribution is 7.22. The molecule has 6 rings (SSSR count). The number of benzene rings is 2. The number of morpholine rings is 1. The summed E-state index contributed by atoms with van der Waals surface area (Å²) in [5, 5.41) is 4.44. The lowest BCUT2D eigenvalue weighted by molar-refractivity contribution is -0.118. The van der Waals surface area contributed by atoms with Crippen molar-refractivity contribution in [3.63, 3.8) is 0 Å². The molecule has 4 aromatic rings. The molecule has 1 atom stereocenters. The highest BCUT2D eigenvalue weighted by atomic mass is 32.1. The second-order valence-electron chi connectivity index (χ2n) is 10.0. The van der Waals surface area contributed by atoms with Crippen LogP contribution in [0, 0.1) is 12.7 Å². The number of fused-ring (bicyclic) bond motifs is 2. The van der Waals surface area contributed by atoms with E-state index in [1.807, 2.05) is 24.3 Å². The summed E-state index contributed by atoms with van der Waals surface area (Å²) in [6.45, 7) is 6.08. The number of pyridine rings is 1. The third-order valence-electron chi connectivity index (χ3n) is 7.39. The van der Waals surface area contributed by atoms with E-state index in [2.05, 4.69) is 20.6 Å². The van der Waals surface area contributed by atoms with Gasteiger partial charge in [0.05, 0.1) is 29.0 Å². The number of amides is 2. The Morgan fingerprint density at radius 2 is 1.88 bits per heavy atom. The molecule has 12 heteroatoms. The average molecular weight is 577 g/mol. The maximum atomic E-state index is 14.0. The first-order valence-electron chi connectivity index (χ1n) is 13.5. The molecule has 212 valence electrons. The van der Waals surface area contributed by atoms with E-state index in [1.54, 1.807) is 11.5 Å². The Hall–Kier alpha value is -3.97. The van der Waals surface area contributed by atoms with Crippen LogP contribution in [0.2, 0.25) is 0 Å². The number of nitrogens with one attached hydrogen (secondary N) is 2. The second kappa shape index (κ2) is 11.5. The number of rotatable bonds is 7. The maximum absolute atomic E-state index is 14.0. The highest BCUT2D eigenvalue weighted by Gasteiger charge is 2.39. The van der Waals surface area contributed by atoms with Crippen LogP contribution < -0.4 is 21.3 Å². The number of hydrogen-bond donors (Lipinski definition) is 2. The first-order valence-corrected chi connectivity index (χ1v) is 14.3. The molecule has 1 fully saturated rings. The van der Waals surface area contributed by atoms with Gasteiger partial charge >= 0.3 is 0 Å². The molecule has 41 heavy (non-hydrogen) atoms. The minimum atomic E-state index is -1.07. The van der Waals surface area contributed by atoms with Gasteiger partial charge in [-0.1, -0.05) is 23.5 Å². The normalized spacial score (nSPS) is 17.6. The van der Waals surface area contributed by atoms with Crippen LogP contribution in [0.4, 0.5) is 15.2 Å². The molecule has 0 spiro atoms. The lowest BCUT2D eigenvalue weighted by Gasteiger charge is -2.34. The average Bonchev–Trinajstić information content (AvgIpc) is 3.40. The summed E-state index contributed by atoms with van der Waals surface area (Å²) >= 11 is 1.32. The number of carbonyl (C=O) groups is 2. The number of thiazole rings is 1. The predicted molar refractivity (Wildman–Crippen MR) is 155 cm³/mol. The molecular weight excluding hydrogens is 547 g/mol. The van der Waals surface area contributed by atoms with Gasteiger partial charge in [0.15, 0.2) is 0 Å². The van der Waals surface area contributed by atoms with Crippen molar-refractivity contribution in [2.24, 2.45) is 0 Å². The molecule has 4 heterocycles. The van der Waals surface area contributed by atoms with Gasteiger partial charge in [0.2, 0.25) is 11.0 Å². The Kier molecular flexibility index (Phi) is 7.63. The van der Waals surface area contributed by atoms with E-state index in [1.165, 1.54) is 46.7 Å². The van der Waals surface area contributed by atoms with Gasteiger partial charge in [0.1, 0.15) is 11.9 Å². The fourth-order valence-electron chi connectivity index (χ4n) is 5.27. The van der Waals surface area contributed by atoms with E-state index in [-0.39, 0.29) is 11.1 Å². The number of halogens is 1. The van der Waals surface area contributed by atoms with Crippen LogP contribution >= 0.6 is 11.3 Å². The van der Waals surface area contributed by atoms with E-state index in [0.717, 1.165) is 36.3 Å². The standard InChI is InChI=1S/C29H29FN6O4S/c1-18-25-21(17-24(37)35(18)12-4-11-34-13-15-40-16-14-34)26(27(38)31-20-9-7-19(30)8-10-20)33-36(28(25)39)29-32-22-5-2-3-6-23(22)41-29/h2-3,5-10,17,26,33H,4,11-16H2,1H3,(H,31,38). The van der Waals surface area contributed by atoms with Gasteiger partial charge in [0.25, 0.3) is 11.5 Å². The third kappa shape index (κ3) is 5.51. The quantitative estimate of drug-likeness (QED) is 0.347. The van der Waals surface area contributed by atoms with Crippen molar-refractivity contribution in [2.45, 2.75) is 25.9 Å². The van der Waals surface area contributed by atoms with Gasteiger partial charge < -0.3 is 14.6 Å². The molecule has 10 nitrogen and oxygen atoms in total. The molecule has 0 bridgehead atoms. The number of ether oxygens (including phenoxy) is 1. The molecule has 2 amide bonds. The van der Waals surface area contributed by atoms with Crippen LogP contribution in [0.3, 0.4) is 0 Å². The minimum Gasteiger partial charge on any atom is -0.379 e. The minimum absolute atomic E-state index is 0.285. The number of carbonyl (C=O) groups excluding carboxylic acids is 2. The highest BCUT2D eigenvalue weighted by Crippen LogP contribution is 2.34. The Morgan fingerprint density at radius 3 is 2.63 bits per heavy atom. The van der Waals surface area contributed by atoms with E-state index in [4.69, 9.17) is 4.74 Å². The second-order valence-corrected chi connectivity index (χ2v) is 11.0. The van der Waals surface area contributed by atoms with Gasteiger partial charge in [-0.3, -0.25) is 19.3 Å². The maximum Gasteiger partial charge on any atom is 0.276 e. The Bertz CT molecular complexity index is 1630. The first kappa shape index (κ1) is 27.2. The van der Waals surface area contributed by atoms with Crippen molar-refractivity contribution in [2.75, 3.05) is 43.2 Å². The van der Waals surface area contributed by atoms with Crippen LogP contribution in [0.1, 0.15) is 34.1 Å². The van der Waals surface area contributed by atoms with Gasteiger partial charge in [-0.2, -0.15) is 0 Å². The molecule has 2 aromatic heterocycles. The molecule has 2 N–H and O–H groups in total. The molecule has 0 saturated carbocycles. The summed E-state index contributed by atoms with van der Waals surface area (Å²) in [7, 11) is 0. The van der Waals surface area contributed by atoms with E-state index >= 15 is 0 Å². The van der Waals surface area contributed by atoms with Crippen LogP contribution in [0.25, 0.3) is 10.2 Å². The zero-order chi connectivity index (χ0) is 28.5. The predicted octanol–water partition coefficient (Wildman–Crippen LogP) is 3.47. The van der Waals surface area contributed by atoms with Gasteiger partial charge in [-0.15, -0.1) is 0 Å².